The number of carboxylic acid groups (broad SMARTS) is 1. The van der Waals surface area contributed by atoms with Crippen LogP contribution in [-0.2, 0) is 10.3 Å². The number of hydrogen-bond acceptors (Lipinski definition) is 7. The van der Waals surface area contributed by atoms with Gasteiger partial charge in [0, 0.05) is 6.20 Å². The molecule has 2 amide bonds. The summed E-state index contributed by atoms with van der Waals surface area (Å²) >= 11 is 0. The van der Waals surface area contributed by atoms with Crippen LogP contribution in [0.25, 0.3) is 0 Å². The zero-order chi connectivity index (χ0) is 25.3. The van der Waals surface area contributed by atoms with Crippen LogP contribution in [0.2, 0.25) is 0 Å². The molecule has 10 nitrogen and oxygen atoms in total. The number of aromatic nitrogens is 2. The molecule has 0 saturated carbocycles. The summed E-state index contributed by atoms with van der Waals surface area (Å²) in [5.41, 5.74) is -3.65. The highest BCUT2D eigenvalue weighted by atomic mass is 19.4. The van der Waals surface area contributed by atoms with E-state index in [9.17, 15) is 27.2 Å². The molecule has 0 fully saturated rings. The molecule has 0 aliphatic carbocycles. The van der Waals surface area contributed by atoms with E-state index in [1.807, 2.05) is 0 Å². The molecule has 34 heavy (non-hydrogen) atoms. The Morgan fingerprint density at radius 1 is 1.24 bits per heavy atom. The number of carbonyl (C=O) groups excluding carboxylic acids is 1. The molecule has 1 aliphatic heterocycles. The lowest BCUT2D eigenvalue weighted by Gasteiger charge is -2.38. The van der Waals surface area contributed by atoms with Crippen molar-refractivity contribution in [2.24, 2.45) is 4.99 Å². The highest BCUT2D eigenvalue weighted by molar-refractivity contribution is 6.02. The first kappa shape index (κ1) is 24.3. The lowest BCUT2D eigenvalue weighted by atomic mass is 9.87. The van der Waals surface area contributed by atoms with Crippen LogP contribution in [0, 0.1) is 17.1 Å². The second kappa shape index (κ2) is 8.89. The predicted molar refractivity (Wildman–Crippen MR) is 103 cm³/mol. The molecule has 2 aromatic rings. The maximum atomic E-state index is 15.0. The van der Waals surface area contributed by atoms with Gasteiger partial charge in [-0.2, -0.15) is 18.4 Å². The van der Waals surface area contributed by atoms with Gasteiger partial charge < -0.3 is 15.2 Å². The van der Waals surface area contributed by atoms with Crippen LogP contribution in [0.15, 0.2) is 35.5 Å². The molecular weight excluding hydrogens is 471 g/mol. The van der Waals surface area contributed by atoms with Crippen LogP contribution in [0.4, 0.5) is 32.6 Å². The Morgan fingerprint density at radius 3 is 2.50 bits per heavy atom. The normalized spacial score (nSPS) is 22.1. The summed E-state index contributed by atoms with van der Waals surface area (Å²) in [4.78, 5) is 34.2. The molecule has 0 aromatic carbocycles. The van der Waals surface area contributed by atoms with Gasteiger partial charge in [-0.1, -0.05) is 0 Å². The minimum absolute atomic E-state index is 0.169. The molecule has 2 aromatic heterocycles. The lowest BCUT2D eigenvalue weighted by molar-refractivity contribution is -0.228. The van der Waals surface area contributed by atoms with Crippen molar-refractivity contribution in [3.63, 3.8) is 0 Å². The summed E-state index contributed by atoms with van der Waals surface area (Å²) in [6.45, 7) is 0.766. The first-order chi connectivity index (χ1) is 15.8. The quantitative estimate of drug-likeness (QED) is 0.567. The van der Waals surface area contributed by atoms with Crippen LogP contribution in [0.3, 0.4) is 0 Å². The first-order valence-electron chi connectivity index (χ1n) is 9.17. The van der Waals surface area contributed by atoms with Crippen LogP contribution in [0.1, 0.15) is 28.7 Å². The fraction of sp³-hybridized carbons (Fsp3) is 0.263. The monoisotopic (exact) mass is 484 g/mol. The molecule has 0 saturated heterocycles. The largest absolute Gasteiger partial charge is 0.465 e. The minimum atomic E-state index is -5.31. The SMILES string of the molecule is C[C@]1(c2nc(NC(=O)c3ccc(C#N)cn3)ccc2F)N=C(NC(=O)O)O[C@H](C(F)(F)F)[C@@H]1F. The average molecular weight is 484 g/mol. The van der Waals surface area contributed by atoms with Gasteiger partial charge in [-0.15, -0.1) is 0 Å². The number of pyridine rings is 2. The van der Waals surface area contributed by atoms with Gasteiger partial charge in [-0.05, 0) is 31.2 Å². The summed E-state index contributed by atoms with van der Waals surface area (Å²) < 4.78 is 74.1. The molecular formula is C19H13F5N6O4. The second-order valence-electron chi connectivity index (χ2n) is 7.00. The van der Waals surface area contributed by atoms with Gasteiger partial charge in [-0.3, -0.25) is 4.79 Å². The van der Waals surface area contributed by atoms with E-state index in [4.69, 9.17) is 10.4 Å². The van der Waals surface area contributed by atoms with Crippen LogP contribution >= 0.6 is 0 Å². The number of alkyl halides is 4. The molecule has 1 aliphatic rings. The van der Waals surface area contributed by atoms with E-state index in [1.165, 1.54) is 17.4 Å². The van der Waals surface area contributed by atoms with Crippen molar-refractivity contribution in [3.05, 3.63) is 53.2 Å². The van der Waals surface area contributed by atoms with Crippen molar-refractivity contribution in [1.82, 2.24) is 15.3 Å². The van der Waals surface area contributed by atoms with Crippen molar-refractivity contribution >= 4 is 23.8 Å². The molecule has 178 valence electrons. The Morgan fingerprint density at radius 2 is 1.94 bits per heavy atom. The number of aliphatic imine (C=N–C) groups is 1. The van der Waals surface area contributed by atoms with E-state index in [-0.39, 0.29) is 17.1 Å². The van der Waals surface area contributed by atoms with E-state index >= 15 is 4.39 Å². The fourth-order valence-corrected chi connectivity index (χ4v) is 2.98. The van der Waals surface area contributed by atoms with Gasteiger partial charge in [0.15, 0.2) is 6.17 Å². The molecule has 0 radical (unpaired) electrons. The van der Waals surface area contributed by atoms with Crippen LogP contribution in [0.5, 0.6) is 0 Å². The van der Waals surface area contributed by atoms with Gasteiger partial charge in [-0.25, -0.2) is 33.9 Å². The van der Waals surface area contributed by atoms with Crippen molar-refractivity contribution < 1.29 is 41.4 Å². The third-order valence-electron chi connectivity index (χ3n) is 4.60. The molecule has 3 atom stereocenters. The topological polar surface area (TPSA) is 150 Å². The van der Waals surface area contributed by atoms with Gasteiger partial charge in [0.2, 0.25) is 6.10 Å². The fourth-order valence-electron chi connectivity index (χ4n) is 2.98. The molecule has 3 rings (SSSR count). The Hall–Kier alpha value is -4.35. The van der Waals surface area contributed by atoms with Crippen LogP contribution < -0.4 is 10.6 Å². The molecule has 0 spiro atoms. The van der Waals surface area contributed by atoms with Gasteiger partial charge in [0.05, 0.1) is 5.56 Å². The van der Waals surface area contributed by atoms with Crippen molar-refractivity contribution in [2.75, 3.05) is 5.32 Å². The third-order valence-corrected chi connectivity index (χ3v) is 4.60. The van der Waals surface area contributed by atoms with Crippen molar-refractivity contribution in [3.8, 4) is 6.07 Å². The Labute approximate surface area is 187 Å². The lowest BCUT2D eigenvalue weighted by Crippen LogP contribution is -2.56. The van der Waals surface area contributed by atoms with E-state index in [0.29, 0.717) is 6.07 Å². The number of anilines is 1. The highest BCUT2D eigenvalue weighted by Crippen LogP contribution is 2.42. The van der Waals surface area contributed by atoms with Gasteiger partial charge in [0.25, 0.3) is 11.9 Å². The highest BCUT2D eigenvalue weighted by Gasteiger charge is 2.59. The molecule has 0 unspecified atom stereocenters. The van der Waals surface area contributed by atoms with E-state index in [1.54, 1.807) is 6.07 Å². The zero-order valence-corrected chi connectivity index (χ0v) is 16.9. The smallest absolute Gasteiger partial charge is 0.428 e. The summed E-state index contributed by atoms with van der Waals surface area (Å²) in [7, 11) is 0. The number of hydrogen-bond donors (Lipinski definition) is 3. The number of nitrogens with one attached hydrogen (secondary N) is 2. The Kier molecular flexibility index (Phi) is 6.35. The number of ether oxygens (including phenoxy) is 1. The van der Waals surface area contributed by atoms with Crippen molar-refractivity contribution in [1.29, 1.82) is 5.26 Å². The number of carbonyl (C=O) groups is 2. The number of halogens is 5. The number of nitriles is 1. The standard InChI is InChI=1S/C19H13F5N6O4/c1-18(12(21)14(19(22,23)24)34-16(30-18)29-17(32)33)13-9(20)3-5-11(27-13)28-15(31)10-4-2-8(6-25)7-26-10/h2-5,7,12,14H,1H3,(H,29,30)(H,32,33)(H,27,28,31)/t12-,14-,18-/m0/s1. The zero-order valence-electron chi connectivity index (χ0n) is 16.9. The Balaban J connectivity index is 2.01. The number of nitrogens with zero attached hydrogens (tertiary/aromatic N) is 4. The minimum Gasteiger partial charge on any atom is -0.465 e. The number of rotatable bonds is 3. The summed E-state index contributed by atoms with van der Waals surface area (Å²) in [5.74, 6) is -2.53. The maximum absolute atomic E-state index is 15.0. The first-order valence-corrected chi connectivity index (χ1v) is 9.17. The summed E-state index contributed by atoms with van der Waals surface area (Å²) in [6.07, 6.45) is -12.3. The van der Waals surface area contributed by atoms with E-state index in [2.05, 4.69) is 25.0 Å². The average Bonchev–Trinajstić information content (AvgIpc) is 2.76. The predicted octanol–water partition coefficient (Wildman–Crippen LogP) is 2.88. The summed E-state index contributed by atoms with van der Waals surface area (Å²) in [6, 6.07) is 4.75. The second-order valence-corrected chi connectivity index (χ2v) is 7.00. The summed E-state index contributed by atoms with van der Waals surface area (Å²) in [5, 5.41) is 21.2. The van der Waals surface area contributed by atoms with Gasteiger partial charge >= 0.3 is 12.3 Å². The Bertz CT molecular complexity index is 1200. The third kappa shape index (κ3) is 4.85. The number of amides is 2. The maximum Gasteiger partial charge on any atom is 0.428 e. The van der Waals surface area contributed by atoms with E-state index in [0.717, 1.165) is 19.2 Å². The van der Waals surface area contributed by atoms with Crippen molar-refractivity contribution in [2.45, 2.75) is 30.9 Å². The number of amidine groups is 1. The molecule has 15 heteroatoms. The molecule has 3 N–H and O–H groups in total. The van der Waals surface area contributed by atoms with E-state index < -0.39 is 53.5 Å². The van der Waals surface area contributed by atoms with Crippen LogP contribution in [-0.4, -0.2) is 51.5 Å². The molecule has 0 bridgehead atoms. The van der Waals surface area contributed by atoms with Gasteiger partial charge in [0.1, 0.15) is 34.6 Å². The molecule has 3 heterocycles.